The number of allylic oxidation sites excluding steroid dienone is 1. The molecule has 3 fully saturated rings. The number of carbonyl (C=O) groups is 3. The summed E-state index contributed by atoms with van der Waals surface area (Å²) in [7, 11) is 1.65. The number of cyclic esters (lactones) is 2. The Labute approximate surface area is 116 Å². The summed E-state index contributed by atoms with van der Waals surface area (Å²) in [6, 6.07) is 0. The fourth-order valence-corrected chi connectivity index (χ4v) is 4.66. The van der Waals surface area contributed by atoms with Gasteiger partial charge < -0.3 is 9.47 Å². The molecule has 0 aromatic heterocycles. The first-order valence-electron chi connectivity index (χ1n) is 7.16. The SMILES string of the molecule is CO[C@H]1CC2=C3C(=O)CC[C@@H]3[C@@H]3C(=O)OC(=O)[C@@H]3[C@@H]2C1. The van der Waals surface area contributed by atoms with Crippen LogP contribution >= 0.6 is 0 Å². The summed E-state index contributed by atoms with van der Waals surface area (Å²) < 4.78 is 10.3. The molecule has 3 aliphatic carbocycles. The number of ketones is 1. The Morgan fingerprint density at radius 3 is 2.50 bits per heavy atom. The number of methoxy groups -OCH3 is 1. The van der Waals surface area contributed by atoms with Gasteiger partial charge in [0.2, 0.25) is 0 Å². The summed E-state index contributed by atoms with van der Waals surface area (Å²) in [6.07, 6.45) is 2.62. The first kappa shape index (κ1) is 12.3. The van der Waals surface area contributed by atoms with Crippen LogP contribution in [0.3, 0.4) is 0 Å². The Hall–Kier alpha value is -1.49. The van der Waals surface area contributed by atoms with E-state index in [0.29, 0.717) is 25.7 Å². The first-order chi connectivity index (χ1) is 9.61. The Kier molecular flexibility index (Phi) is 2.46. The average Bonchev–Trinajstić information content (AvgIpc) is 3.06. The van der Waals surface area contributed by atoms with Crippen molar-refractivity contribution in [1.29, 1.82) is 0 Å². The van der Waals surface area contributed by atoms with Crippen LogP contribution in [0.25, 0.3) is 0 Å². The van der Waals surface area contributed by atoms with E-state index in [1.165, 1.54) is 0 Å². The number of hydrogen-bond acceptors (Lipinski definition) is 5. The van der Waals surface area contributed by atoms with Crippen molar-refractivity contribution in [3.63, 3.8) is 0 Å². The van der Waals surface area contributed by atoms with Crippen LogP contribution in [0, 0.1) is 23.7 Å². The van der Waals surface area contributed by atoms with E-state index in [4.69, 9.17) is 9.47 Å². The van der Waals surface area contributed by atoms with Crippen molar-refractivity contribution in [3.8, 4) is 0 Å². The molecule has 4 aliphatic rings. The molecular formula is C15H16O5. The number of hydrogen-bond donors (Lipinski definition) is 0. The molecule has 0 unspecified atom stereocenters. The molecule has 4 rings (SSSR count). The number of esters is 2. The highest BCUT2D eigenvalue weighted by molar-refractivity contribution is 6.04. The molecule has 0 spiro atoms. The number of Topliss-reactive ketones (excluding diaryl/α,β-unsaturated/α-hetero) is 1. The molecule has 0 N–H and O–H groups in total. The zero-order chi connectivity index (χ0) is 14.0. The highest BCUT2D eigenvalue weighted by Gasteiger charge is 2.60. The second-order valence-electron chi connectivity index (χ2n) is 6.20. The van der Waals surface area contributed by atoms with Crippen LogP contribution in [0.15, 0.2) is 11.1 Å². The van der Waals surface area contributed by atoms with E-state index in [0.717, 1.165) is 11.1 Å². The Bertz CT molecular complexity index is 561. The zero-order valence-electron chi connectivity index (χ0n) is 11.3. The van der Waals surface area contributed by atoms with Crippen molar-refractivity contribution in [3.05, 3.63) is 11.1 Å². The van der Waals surface area contributed by atoms with E-state index < -0.39 is 23.8 Å². The quantitative estimate of drug-likeness (QED) is 0.528. The molecule has 0 radical (unpaired) electrons. The second-order valence-corrected chi connectivity index (χ2v) is 6.20. The normalized spacial score (nSPS) is 42.6. The molecule has 5 atom stereocenters. The maximum absolute atomic E-state index is 12.2. The lowest BCUT2D eigenvalue weighted by Crippen LogP contribution is -2.36. The largest absolute Gasteiger partial charge is 0.393 e. The van der Waals surface area contributed by atoms with E-state index in [2.05, 4.69) is 0 Å². The minimum Gasteiger partial charge on any atom is -0.393 e. The van der Waals surface area contributed by atoms with E-state index in [9.17, 15) is 14.4 Å². The molecule has 1 aliphatic heterocycles. The number of carbonyl (C=O) groups excluding carboxylic acids is 3. The minimum atomic E-state index is -0.437. The van der Waals surface area contributed by atoms with Crippen LogP contribution in [0.2, 0.25) is 0 Å². The van der Waals surface area contributed by atoms with Gasteiger partial charge in [-0.25, -0.2) is 0 Å². The lowest BCUT2D eigenvalue weighted by atomic mass is 9.66. The third-order valence-electron chi connectivity index (χ3n) is 5.44. The van der Waals surface area contributed by atoms with Gasteiger partial charge >= 0.3 is 11.9 Å². The van der Waals surface area contributed by atoms with Crippen molar-refractivity contribution < 1.29 is 23.9 Å². The molecular weight excluding hydrogens is 260 g/mol. The highest BCUT2D eigenvalue weighted by Crippen LogP contribution is 2.56. The van der Waals surface area contributed by atoms with Gasteiger partial charge in [0.05, 0.1) is 17.9 Å². The summed E-state index contributed by atoms with van der Waals surface area (Å²) in [6.45, 7) is 0. The van der Waals surface area contributed by atoms with E-state index in [1.54, 1.807) is 7.11 Å². The lowest BCUT2D eigenvalue weighted by molar-refractivity contribution is -0.154. The van der Waals surface area contributed by atoms with Gasteiger partial charge in [-0.1, -0.05) is 5.57 Å². The van der Waals surface area contributed by atoms with Crippen molar-refractivity contribution in [1.82, 2.24) is 0 Å². The van der Waals surface area contributed by atoms with Crippen molar-refractivity contribution in [2.24, 2.45) is 23.7 Å². The molecule has 0 aromatic carbocycles. The number of fused-ring (bicyclic) bond motifs is 5. The number of ether oxygens (including phenoxy) is 2. The van der Waals surface area contributed by atoms with Gasteiger partial charge in [-0.2, -0.15) is 0 Å². The second kappa shape index (κ2) is 4.01. The third-order valence-corrected chi connectivity index (χ3v) is 5.44. The topological polar surface area (TPSA) is 69.7 Å². The minimum absolute atomic E-state index is 0.0406. The van der Waals surface area contributed by atoms with Gasteiger partial charge in [0, 0.05) is 19.4 Å². The van der Waals surface area contributed by atoms with E-state index in [1.807, 2.05) is 0 Å². The molecule has 0 amide bonds. The van der Waals surface area contributed by atoms with Gasteiger partial charge in [0.15, 0.2) is 5.78 Å². The van der Waals surface area contributed by atoms with Crippen LogP contribution in [-0.2, 0) is 23.9 Å². The highest BCUT2D eigenvalue weighted by atomic mass is 16.6. The van der Waals surface area contributed by atoms with Crippen LogP contribution < -0.4 is 0 Å². The molecule has 1 heterocycles. The number of rotatable bonds is 1. The van der Waals surface area contributed by atoms with Crippen LogP contribution in [0.1, 0.15) is 25.7 Å². The standard InChI is InChI=1S/C15H16O5/c1-19-6-4-8-9(5-6)13-12(14(17)20-15(13)18)7-2-3-10(16)11(7)8/h6-7,9,12-13H,2-5H2,1H3/t6-,7-,9+,12-,13+/m0/s1. The summed E-state index contributed by atoms with van der Waals surface area (Å²) in [5, 5.41) is 0. The fraction of sp³-hybridized carbons (Fsp3) is 0.667. The van der Waals surface area contributed by atoms with Gasteiger partial charge in [0.1, 0.15) is 0 Å². The summed E-state index contributed by atoms with van der Waals surface area (Å²) in [5.41, 5.74) is 1.89. The van der Waals surface area contributed by atoms with Gasteiger partial charge in [-0.05, 0) is 30.8 Å². The predicted molar refractivity (Wildman–Crippen MR) is 66.4 cm³/mol. The molecule has 2 saturated carbocycles. The van der Waals surface area contributed by atoms with Gasteiger partial charge in [-0.15, -0.1) is 0 Å². The summed E-state index contributed by atoms with van der Waals surface area (Å²) in [4.78, 5) is 36.2. The summed E-state index contributed by atoms with van der Waals surface area (Å²) >= 11 is 0. The molecule has 0 aromatic rings. The predicted octanol–water partition coefficient (Wildman–Crippen LogP) is 1.02. The Morgan fingerprint density at radius 2 is 1.80 bits per heavy atom. The van der Waals surface area contributed by atoms with E-state index >= 15 is 0 Å². The molecule has 5 heteroatoms. The molecule has 0 bridgehead atoms. The van der Waals surface area contributed by atoms with Gasteiger partial charge in [0.25, 0.3) is 0 Å². The van der Waals surface area contributed by atoms with Crippen LogP contribution in [0.4, 0.5) is 0 Å². The molecule has 106 valence electrons. The average molecular weight is 276 g/mol. The Morgan fingerprint density at radius 1 is 1.10 bits per heavy atom. The van der Waals surface area contributed by atoms with Crippen molar-refractivity contribution in [2.45, 2.75) is 31.8 Å². The monoisotopic (exact) mass is 276 g/mol. The maximum atomic E-state index is 12.2. The zero-order valence-corrected chi connectivity index (χ0v) is 11.3. The van der Waals surface area contributed by atoms with Crippen LogP contribution in [0.5, 0.6) is 0 Å². The Balaban J connectivity index is 1.86. The first-order valence-corrected chi connectivity index (χ1v) is 7.16. The maximum Gasteiger partial charge on any atom is 0.318 e. The van der Waals surface area contributed by atoms with Crippen molar-refractivity contribution >= 4 is 17.7 Å². The van der Waals surface area contributed by atoms with Crippen molar-refractivity contribution in [2.75, 3.05) is 7.11 Å². The molecule has 20 heavy (non-hydrogen) atoms. The van der Waals surface area contributed by atoms with Gasteiger partial charge in [-0.3, -0.25) is 14.4 Å². The lowest BCUT2D eigenvalue weighted by Gasteiger charge is -2.32. The fourth-order valence-electron chi connectivity index (χ4n) is 4.66. The smallest absolute Gasteiger partial charge is 0.318 e. The molecule has 5 nitrogen and oxygen atoms in total. The third kappa shape index (κ3) is 1.39. The molecule has 1 saturated heterocycles. The summed E-state index contributed by atoms with van der Waals surface area (Å²) in [5.74, 6) is -1.66. The van der Waals surface area contributed by atoms with Crippen LogP contribution in [-0.4, -0.2) is 30.9 Å². The van der Waals surface area contributed by atoms with E-state index in [-0.39, 0.29) is 23.7 Å².